The van der Waals surface area contributed by atoms with Crippen LogP contribution in [0.3, 0.4) is 0 Å². The van der Waals surface area contributed by atoms with E-state index in [2.05, 4.69) is 42.2 Å². The van der Waals surface area contributed by atoms with Crippen molar-refractivity contribution in [1.29, 1.82) is 0 Å². The number of aromatic nitrogens is 2. The van der Waals surface area contributed by atoms with Crippen molar-refractivity contribution in [2.75, 3.05) is 19.6 Å². The van der Waals surface area contributed by atoms with Crippen LogP contribution in [0.2, 0.25) is 0 Å². The summed E-state index contributed by atoms with van der Waals surface area (Å²) in [6.07, 6.45) is 2.49. The normalized spacial score (nSPS) is 24.8. The Bertz CT molecular complexity index is 399. The van der Waals surface area contributed by atoms with Crippen LogP contribution in [0.15, 0.2) is 6.07 Å². The maximum absolute atomic E-state index is 4.43. The standard InChI is InChI=1S/C15H28N4/c1-5-7-16-15-6-8-19(10-12(15)2)11-14-9-13(3)17-18(14)4/h9,12,15-16H,5-8,10-11H2,1-4H3. The van der Waals surface area contributed by atoms with Crippen molar-refractivity contribution < 1.29 is 0 Å². The van der Waals surface area contributed by atoms with Gasteiger partial charge >= 0.3 is 0 Å². The summed E-state index contributed by atoms with van der Waals surface area (Å²) >= 11 is 0. The Kier molecular flexibility index (Phi) is 4.99. The smallest absolute Gasteiger partial charge is 0.0597 e. The maximum Gasteiger partial charge on any atom is 0.0597 e. The van der Waals surface area contributed by atoms with Gasteiger partial charge in [-0.15, -0.1) is 0 Å². The van der Waals surface area contributed by atoms with Crippen LogP contribution in [-0.4, -0.2) is 40.4 Å². The lowest BCUT2D eigenvalue weighted by atomic mass is 9.93. The molecule has 1 saturated heterocycles. The van der Waals surface area contributed by atoms with Crippen LogP contribution in [0.4, 0.5) is 0 Å². The number of aryl methyl sites for hydroxylation is 2. The highest BCUT2D eigenvalue weighted by Crippen LogP contribution is 2.19. The minimum absolute atomic E-state index is 0.699. The van der Waals surface area contributed by atoms with Crippen LogP contribution in [0, 0.1) is 12.8 Å². The molecule has 0 radical (unpaired) electrons. The van der Waals surface area contributed by atoms with Crippen molar-refractivity contribution in [3.05, 3.63) is 17.5 Å². The zero-order valence-corrected chi connectivity index (χ0v) is 12.8. The average Bonchev–Trinajstić information content (AvgIpc) is 2.67. The molecule has 1 N–H and O–H groups in total. The minimum atomic E-state index is 0.699. The number of piperidine rings is 1. The Hall–Kier alpha value is -0.870. The number of hydrogen-bond donors (Lipinski definition) is 1. The molecule has 4 heteroatoms. The second kappa shape index (κ2) is 6.53. The number of nitrogens with one attached hydrogen (secondary N) is 1. The molecule has 108 valence electrons. The van der Waals surface area contributed by atoms with Crippen LogP contribution in [0.5, 0.6) is 0 Å². The first-order valence-electron chi connectivity index (χ1n) is 7.55. The van der Waals surface area contributed by atoms with Gasteiger partial charge in [0, 0.05) is 32.7 Å². The summed E-state index contributed by atoms with van der Waals surface area (Å²) in [5.41, 5.74) is 2.44. The summed E-state index contributed by atoms with van der Waals surface area (Å²) < 4.78 is 2.02. The van der Waals surface area contributed by atoms with Gasteiger partial charge in [0.25, 0.3) is 0 Å². The van der Waals surface area contributed by atoms with E-state index in [4.69, 9.17) is 0 Å². The number of rotatable bonds is 5. The SMILES string of the molecule is CCCNC1CCN(Cc2cc(C)nn2C)CC1C. The van der Waals surface area contributed by atoms with Crippen molar-refractivity contribution >= 4 is 0 Å². The predicted molar refractivity (Wildman–Crippen MR) is 79.1 cm³/mol. The molecule has 1 fully saturated rings. The fraction of sp³-hybridized carbons (Fsp3) is 0.800. The predicted octanol–water partition coefficient (Wildman–Crippen LogP) is 1.94. The first kappa shape index (κ1) is 14.5. The molecule has 0 amide bonds. The van der Waals surface area contributed by atoms with E-state index in [1.165, 1.54) is 31.6 Å². The molecular weight excluding hydrogens is 236 g/mol. The van der Waals surface area contributed by atoms with E-state index < -0.39 is 0 Å². The van der Waals surface area contributed by atoms with Gasteiger partial charge in [-0.1, -0.05) is 13.8 Å². The molecule has 0 spiro atoms. The fourth-order valence-corrected chi connectivity index (χ4v) is 3.05. The Labute approximate surface area is 117 Å². The second-order valence-corrected chi connectivity index (χ2v) is 5.96. The molecule has 1 aliphatic heterocycles. The second-order valence-electron chi connectivity index (χ2n) is 5.96. The molecule has 2 heterocycles. The van der Waals surface area contributed by atoms with Gasteiger partial charge in [0.15, 0.2) is 0 Å². The van der Waals surface area contributed by atoms with Crippen molar-refractivity contribution in [3.8, 4) is 0 Å². The molecule has 0 aromatic carbocycles. The van der Waals surface area contributed by atoms with Crippen molar-refractivity contribution in [2.24, 2.45) is 13.0 Å². The van der Waals surface area contributed by atoms with Gasteiger partial charge in [-0.05, 0) is 38.3 Å². The van der Waals surface area contributed by atoms with E-state index in [1.54, 1.807) is 0 Å². The molecule has 4 nitrogen and oxygen atoms in total. The van der Waals surface area contributed by atoms with Gasteiger partial charge in [0.1, 0.15) is 0 Å². The zero-order chi connectivity index (χ0) is 13.8. The molecule has 2 unspecified atom stereocenters. The largest absolute Gasteiger partial charge is 0.314 e. The molecule has 1 aliphatic rings. The highest BCUT2D eigenvalue weighted by molar-refractivity contribution is 5.08. The molecular formula is C15H28N4. The van der Waals surface area contributed by atoms with E-state index in [0.717, 1.165) is 24.7 Å². The summed E-state index contributed by atoms with van der Waals surface area (Å²) in [6, 6.07) is 2.90. The lowest BCUT2D eigenvalue weighted by molar-refractivity contribution is 0.138. The summed E-state index contributed by atoms with van der Waals surface area (Å²) in [6.45, 7) is 11.2. The van der Waals surface area contributed by atoms with Crippen LogP contribution in [0.1, 0.15) is 38.1 Å². The van der Waals surface area contributed by atoms with Gasteiger partial charge in [-0.2, -0.15) is 5.10 Å². The topological polar surface area (TPSA) is 33.1 Å². The van der Waals surface area contributed by atoms with E-state index in [1.807, 2.05) is 11.7 Å². The van der Waals surface area contributed by atoms with Gasteiger partial charge in [0.2, 0.25) is 0 Å². The minimum Gasteiger partial charge on any atom is -0.314 e. The highest BCUT2D eigenvalue weighted by atomic mass is 15.3. The average molecular weight is 264 g/mol. The van der Waals surface area contributed by atoms with Gasteiger partial charge < -0.3 is 5.32 Å². The molecule has 2 rings (SSSR count). The van der Waals surface area contributed by atoms with Crippen LogP contribution >= 0.6 is 0 Å². The quantitative estimate of drug-likeness (QED) is 0.882. The number of likely N-dealkylation sites (tertiary alicyclic amines) is 1. The molecule has 19 heavy (non-hydrogen) atoms. The Balaban J connectivity index is 1.86. The third-order valence-corrected chi connectivity index (χ3v) is 4.13. The fourth-order valence-electron chi connectivity index (χ4n) is 3.05. The van der Waals surface area contributed by atoms with E-state index in [0.29, 0.717) is 6.04 Å². The van der Waals surface area contributed by atoms with Crippen molar-refractivity contribution in [3.63, 3.8) is 0 Å². The summed E-state index contributed by atoms with van der Waals surface area (Å²) in [7, 11) is 2.04. The lowest BCUT2D eigenvalue weighted by Crippen LogP contribution is -2.48. The Morgan fingerprint density at radius 2 is 2.26 bits per heavy atom. The first-order chi connectivity index (χ1) is 9.10. The summed E-state index contributed by atoms with van der Waals surface area (Å²) in [5, 5.41) is 8.11. The van der Waals surface area contributed by atoms with Crippen LogP contribution < -0.4 is 5.32 Å². The highest BCUT2D eigenvalue weighted by Gasteiger charge is 2.25. The van der Waals surface area contributed by atoms with E-state index in [9.17, 15) is 0 Å². The zero-order valence-electron chi connectivity index (χ0n) is 12.8. The number of nitrogens with zero attached hydrogens (tertiary/aromatic N) is 3. The Morgan fingerprint density at radius 3 is 2.84 bits per heavy atom. The van der Waals surface area contributed by atoms with Crippen LogP contribution in [0.25, 0.3) is 0 Å². The van der Waals surface area contributed by atoms with Gasteiger partial charge in [0.05, 0.1) is 11.4 Å². The third kappa shape index (κ3) is 3.80. The molecule has 0 aliphatic carbocycles. The van der Waals surface area contributed by atoms with E-state index >= 15 is 0 Å². The monoisotopic (exact) mass is 264 g/mol. The van der Waals surface area contributed by atoms with Crippen LogP contribution in [-0.2, 0) is 13.6 Å². The lowest BCUT2D eigenvalue weighted by Gasteiger charge is -2.37. The molecule has 1 aromatic heterocycles. The molecule has 2 atom stereocenters. The van der Waals surface area contributed by atoms with E-state index in [-0.39, 0.29) is 0 Å². The summed E-state index contributed by atoms with van der Waals surface area (Å²) in [5.74, 6) is 0.731. The molecule has 1 aromatic rings. The molecule has 0 bridgehead atoms. The number of hydrogen-bond acceptors (Lipinski definition) is 3. The summed E-state index contributed by atoms with van der Waals surface area (Å²) in [4.78, 5) is 2.56. The molecule has 0 saturated carbocycles. The first-order valence-corrected chi connectivity index (χ1v) is 7.55. The Morgan fingerprint density at radius 1 is 1.47 bits per heavy atom. The van der Waals surface area contributed by atoms with Gasteiger partial charge in [-0.25, -0.2) is 0 Å². The van der Waals surface area contributed by atoms with Crippen molar-refractivity contribution in [2.45, 2.75) is 46.2 Å². The van der Waals surface area contributed by atoms with Crippen molar-refractivity contribution in [1.82, 2.24) is 20.0 Å². The maximum atomic E-state index is 4.43. The third-order valence-electron chi connectivity index (χ3n) is 4.13. The van der Waals surface area contributed by atoms with Gasteiger partial charge in [-0.3, -0.25) is 9.58 Å².